The zero-order valence-electron chi connectivity index (χ0n) is 11.6. The Morgan fingerprint density at radius 3 is 1.00 bits per heavy atom. The molecule has 0 aliphatic carbocycles. The van der Waals surface area contributed by atoms with Crippen LogP contribution in [-0.2, 0) is 0 Å². The average molecular weight is 296 g/mol. The van der Waals surface area contributed by atoms with Crippen molar-refractivity contribution in [2.24, 2.45) is 0 Å². The second kappa shape index (κ2) is 13.6. The second-order valence-electron chi connectivity index (χ2n) is 4.16. The van der Waals surface area contributed by atoms with Crippen LogP contribution in [0.4, 0.5) is 0 Å². The average Bonchev–Trinajstić information content (AvgIpc) is 2.47. The predicted molar refractivity (Wildman–Crippen MR) is 73.9 cm³/mol. The summed E-state index contributed by atoms with van der Waals surface area (Å²) in [5.74, 6) is 0. The molecular formula is C11H28N4O5. The molecule has 0 heterocycles. The van der Waals surface area contributed by atoms with E-state index in [9.17, 15) is 5.11 Å². The van der Waals surface area contributed by atoms with Crippen LogP contribution in [0.15, 0.2) is 0 Å². The highest BCUT2D eigenvalue weighted by Gasteiger charge is 2.26. The maximum atomic E-state index is 10.3. The minimum atomic E-state index is -0.939. The molecule has 0 rings (SSSR count). The lowest BCUT2D eigenvalue weighted by atomic mass is 10.2. The van der Waals surface area contributed by atoms with Crippen LogP contribution >= 0.6 is 0 Å². The van der Waals surface area contributed by atoms with Gasteiger partial charge in [0, 0.05) is 26.2 Å². The van der Waals surface area contributed by atoms with Crippen molar-refractivity contribution in [3.05, 3.63) is 0 Å². The lowest BCUT2D eigenvalue weighted by molar-refractivity contribution is 0.0526. The van der Waals surface area contributed by atoms with E-state index in [1.54, 1.807) is 0 Å². The summed E-state index contributed by atoms with van der Waals surface area (Å²) in [7, 11) is 0. The van der Waals surface area contributed by atoms with E-state index in [1.165, 1.54) is 0 Å². The first-order valence-corrected chi connectivity index (χ1v) is 6.76. The van der Waals surface area contributed by atoms with E-state index in [1.807, 2.05) is 0 Å². The third kappa shape index (κ3) is 8.74. The quantitative estimate of drug-likeness (QED) is 0.144. The highest BCUT2D eigenvalue weighted by atomic mass is 16.3. The van der Waals surface area contributed by atoms with E-state index >= 15 is 0 Å². The molecule has 0 amide bonds. The monoisotopic (exact) mass is 296 g/mol. The molecule has 0 fully saturated rings. The van der Waals surface area contributed by atoms with Gasteiger partial charge in [0.25, 0.3) is 0 Å². The summed E-state index contributed by atoms with van der Waals surface area (Å²) < 4.78 is 0. The fourth-order valence-electron chi connectivity index (χ4n) is 1.70. The van der Waals surface area contributed by atoms with Crippen molar-refractivity contribution in [2.75, 3.05) is 52.6 Å². The number of aliphatic hydroxyl groups is 5. The topological polar surface area (TPSA) is 149 Å². The molecule has 9 nitrogen and oxygen atoms in total. The second-order valence-corrected chi connectivity index (χ2v) is 4.16. The van der Waals surface area contributed by atoms with Gasteiger partial charge in [-0.3, -0.25) is 21.3 Å². The number of aliphatic hydroxyl groups excluding tert-OH is 5. The predicted octanol–water partition coefficient (Wildman–Crippen LogP) is -4.67. The number of hydrogen-bond acceptors (Lipinski definition) is 9. The van der Waals surface area contributed by atoms with Crippen molar-refractivity contribution in [1.29, 1.82) is 0 Å². The molecule has 0 aliphatic rings. The van der Waals surface area contributed by atoms with Crippen LogP contribution in [0.25, 0.3) is 0 Å². The Bertz CT molecular complexity index is 177. The van der Waals surface area contributed by atoms with Gasteiger partial charge < -0.3 is 25.5 Å². The van der Waals surface area contributed by atoms with Gasteiger partial charge in [-0.2, -0.15) is 0 Å². The van der Waals surface area contributed by atoms with Crippen LogP contribution in [0.2, 0.25) is 0 Å². The number of nitrogens with one attached hydrogen (secondary N) is 4. The molecule has 0 saturated heterocycles. The van der Waals surface area contributed by atoms with Crippen molar-refractivity contribution in [3.8, 4) is 0 Å². The van der Waals surface area contributed by atoms with Crippen LogP contribution in [0.3, 0.4) is 0 Å². The first-order valence-electron chi connectivity index (χ1n) is 6.76. The summed E-state index contributed by atoms with van der Waals surface area (Å²) in [4.78, 5) is 0. The molecule has 0 aromatic rings. The number of rotatable bonds is 14. The van der Waals surface area contributed by atoms with Gasteiger partial charge >= 0.3 is 0 Å². The summed E-state index contributed by atoms with van der Waals surface area (Å²) in [5, 5.41) is 57.2. The molecule has 9 N–H and O–H groups in total. The molecular weight excluding hydrogens is 268 g/mol. The van der Waals surface area contributed by atoms with Gasteiger partial charge in [0.1, 0.15) is 6.10 Å². The SMILES string of the molecule is OCCNC(NCCO)C(O)C(NCCO)NCCO. The molecule has 20 heavy (non-hydrogen) atoms. The summed E-state index contributed by atoms with van der Waals surface area (Å²) >= 11 is 0. The fraction of sp³-hybridized carbons (Fsp3) is 1.00. The van der Waals surface area contributed by atoms with E-state index in [2.05, 4.69) is 21.3 Å². The normalized spacial score (nSPS) is 12.0. The van der Waals surface area contributed by atoms with Crippen molar-refractivity contribution < 1.29 is 25.5 Å². The van der Waals surface area contributed by atoms with E-state index in [0.29, 0.717) is 0 Å². The van der Waals surface area contributed by atoms with E-state index < -0.39 is 18.4 Å². The maximum absolute atomic E-state index is 10.3. The third-order valence-electron chi connectivity index (χ3n) is 2.59. The summed E-state index contributed by atoms with van der Waals surface area (Å²) in [5.41, 5.74) is 0. The maximum Gasteiger partial charge on any atom is 0.111 e. The molecule has 0 radical (unpaired) electrons. The Hall–Kier alpha value is -0.360. The van der Waals surface area contributed by atoms with Crippen LogP contribution in [0, 0.1) is 0 Å². The Kier molecular flexibility index (Phi) is 13.4. The first kappa shape index (κ1) is 19.6. The molecule has 122 valence electrons. The molecule has 0 atom stereocenters. The number of hydrogen-bond donors (Lipinski definition) is 9. The minimum absolute atomic E-state index is 0.0805. The van der Waals surface area contributed by atoms with E-state index in [-0.39, 0.29) is 52.6 Å². The highest BCUT2D eigenvalue weighted by molar-refractivity contribution is 4.83. The molecule has 0 saturated carbocycles. The smallest absolute Gasteiger partial charge is 0.111 e. The van der Waals surface area contributed by atoms with Crippen molar-refractivity contribution in [1.82, 2.24) is 21.3 Å². The zero-order valence-corrected chi connectivity index (χ0v) is 11.6. The van der Waals surface area contributed by atoms with Gasteiger partial charge in [0.05, 0.1) is 38.8 Å². The highest BCUT2D eigenvalue weighted by Crippen LogP contribution is 1.96. The van der Waals surface area contributed by atoms with Gasteiger partial charge in [-0.15, -0.1) is 0 Å². The van der Waals surface area contributed by atoms with Gasteiger partial charge in [-0.05, 0) is 0 Å². The van der Waals surface area contributed by atoms with Crippen molar-refractivity contribution in [2.45, 2.75) is 18.4 Å². The van der Waals surface area contributed by atoms with Gasteiger partial charge in [0.2, 0.25) is 0 Å². The molecule has 0 unspecified atom stereocenters. The largest absolute Gasteiger partial charge is 0.395 e. The zero-order chi connectivity index (χ0) is 15.2. The molecule has 0 aromatic carbocycles. The summed E-state index contributed by atoms with van der Waals surface area (Å²) in [6.45, 7) is 0.816. The molecule has 0 aromatic heterocycles. The Balaban J connectivity index is 4.49. The first-order chi connectivity index (χ1) is 9.71. The minimum Gasteiger partial charge on any atom is -0.395 e. The van der Waals surface area contributed by atoms with E-state index in [4.69, 9.17) is 20.4 Å². The van der Waals surface area contributed by atoms with Gasteiger partial charge in [-0.25, -0.2) is 0 Å². The summed E-state index contributed by atoms with van der Waals surface area (Å²) in [6.07, 6.45) is -2.06. The third-order valence-corrected chi connectivity index (χ3v) is 2.59. The molecule has 0 spiro atoms. The lowest BCUT2D eigenvalue weighted by Crippen LogP contribution is -2.63. The molecule has 0 aliphatic heterocycles. The van der Waals surface area contributed by atoms with E-state index in [0.717, 1.165) is 0 Å². The Labute approximate surface area is 119 Å². The van der Waals surface area contributed by atoms with Crippen LogP contribution < -0.4 is 21.3 Å². The lowest BCUT2D eigenvalue weighted by Gasteiger charge is -2.32. The van der Waals surface area contributed by atoms with Crippen molar-refractivity contribution >= 4 is 0 Å². The Morgan fingerprint density at radius 1 is 0.550 bits per heavy atom. The van der Waals surface area contributed by atoms with Gasteiger partial charge in [-0.1, -0.05) is 0 Å². The molecule has 9 heteroatoms. The molecule has 0 bridgehead atoms. The van der Waals surface area contributed by atoms with Gasteiger partial charge in [0.15, 0.2) is 0 Å². The van der Waals surface area contributed by atoms with Crippen molar-refractivity contribution in [3.63, 3.8) is 0 Å². The van der Waals surface area contributed by atoms with Crippen LogP contribution in [-0.4, -0.2) is 96.6 Å². The van der Waals surface area contributed by atoms with Crippen LogP contribution in [0.1, 0.15) is 0 Å². The fourth-order valence-corrected chi connectivity index (χ4v) is 1.70. The standard InChI is InChI=1S/C11H28N4O5/c16-5-1-12-10(13-2-6-17)9(20)11(14-3-7-18)15-4-8-19/h9-20H,1-8H2. The Morgan fingerprint density at radius 2 is 0.800 bits per heavy atom. The van der Waals surface area contributed by atoms with Crippen LogP contribution in [0.5, 0.6) is 0 Å². The summed E-state index contributed by atoms with van der Waals surface area (Å²) in [6, 6.07) is 0.